The molecular formula is C18H15N3O4. The zero-order valence-electron chi connectivity index (χ0n) is 13.2. The summed E-state index contributed by atoms with van der Waals surface area (Å²) in [5.74, 6) is 0.340. The van der Waals surface area contributed by atoms with Gasteiger partial charge >= 0.3 is 0 Å². The molecule has 3 atom stereocenters. The van der Waals surface area contributed by atoms with E-state index in [9.17, 15) is 20.2 Å². The second kappa shape index (κ2) is 5.70. The Kier molecular flexibility index (Phi) is 3.49. The number of nitro groups is 2. The molecule has 0 fully saturated rings. The van der Waals surface area contributed by atoms with Gasteiger partial charge in [0.2, 0.25) is 0 Å². The maximum atomic E-state index is 11.1. The molecule has 126 valence electrons. The van der Waals surface area contributed by atoms with Gasteiger partial charge in [-0.15, -0.1) is 0 Å². The summed E-state index contributed by atoms with van der Waals surface area (Å²) in [5, 5.41) is 25.4. The van der Waals surface area contributed by atoms with Crippen molar-refractivity contribution in [3.05, 3.63) is 86.0 Å². The Bertz CT molecular complexity index is 892. The quantitative estimate of drug-likeness (QED) is 0.510. The van der Waals surface area contributed by atoms with Crippen LogP contribution >= 0.6 is 0 Å². The highest BCUT2D eigenvalue weighted by molar-refractivity contribution is 5.63. The molecule has 4 rings (SSSR count). The fourth-order valence-electron chi connectivity index (χ4n) is 3.83. The zero-order chi connectivity index (χ0) is 17.6. The van der Waals surface area contributed by atoms with E-state index in [1.165, 1.54) is 18.2 Å². The predicted molar refractivity (Wildman–Crippen MR) is 92.5 cm³/mol. The van der Waals surface area contributed by atoms with Crippen LogP contribution in [0.25, 0.3) is 0 Å². The molecule has 1 heterocycles. The average Bonchev–Trinajstić information content (AvgIpc) is 3.10. The number of nitrogens with zero attached hydrogens (tertiary/aromatic N) is 2. The number of fused-ring (bicyclic) bond motifs is 3. The lowest BCUT2D eigenvalue weighted by atomic mass is 9.77. The lowest BCUT2D eigenvalue weighted by Crippen LogP contribution is -2.29. The average molecular weight is 337 g/mol. The number of rotatable bonds is 3. The van der Waals surface area contributed by atoms with Crippen molar-refractivity contribution < 1.29 is 9.85 Å². The van der Waals surface area contributed by atoms with Gasteiger partial charge in [-0.2, -0.15) is 0 Å². The van der Waals surface area contributed by atoms with E-state index in [0.717, 1.165) is 23.2 Å². The summed E-state index contributed by atoms with van der Waals surface area (Å²) in [5.41, 5.74) is 2.95. The van der Waals surface area contributed by atoms with Crippen molar-refractivity contribution >= 4 is 17.1 Å². The Balaban J connectivity index is 1.72. The molecule has 0 saturated heterocycles. The first-order valence-electron chi connectivity index (χ1n) is 8.00. The number of anilines is 1. The van der Waals surface area contributed by atoms with Gasteiger partial charge in [0.15, 0.2) is 0 Å². The highest BCUT2D eigenvalue weighted by Crippen LogP contribution is 2.50. The molecule has 0 spiro atoms. The van der Waals surface area contributed by atoms with Gasteiger partial charge < -0.3 is 5.32 Å². The summed E-state index contributed by atoms with van der Waals surface area (Å²) in [7, 11) is 0. The molecule has 0 unspecified atom stereocenters. The molecule has 0 bridgehead atoms. The zero-order valence-corrected chi connectivity index (χ0v) is 13.2. The van der Waals surface area contributed by atoms with Crippen molar-refractivity contribution in [3.8, 4) is 0 Å². The van der Waals surface area contributed by atoms with Crippen molar-refractivity contribution in [1.29, 1.82) is 0 Å². The van der Waals surface area contributed by atoms with Crippen LogP contribution in [0.15, 0.2) is 54.6 Å². The monoisotopic (exact) mass is 337 g/mol. The van der Waals surface area contributed by atoms with Crippen molar-refractivity contribution in [1.82, 2.24) is 0 Å². The third-order valence-corrected chi connectivity index (χ3v) is 5.02. The van der Waals surface area contributed by atoms with Crippen LogP contribution < -0.4 is 5.32 Å². The fraction of sp³-hybridized carbons (Fsp3) is 0.222. The van der Waals surface area contributed by atoms with Crippen molar-refractivity contribution in [3.63, 3.8) is 0 Å². The molecule has 0 aromatic heterocycles. The van der Waals surface area contributed by atoms with Crippen LogP contribution in [0, 0.1) is 26.1 Å². The molecular weight excluding hydrogens is 322 g/mol. The molecule has 0 radical (unpaired) electrons. The first-order chi connectivity index (χ1) is 12.0. The van der Waals surface area contributed by atoms with Crippen LogP contribution in [-0.2, 0) is 0 Å². The van der Waals surface area contributed by atoms with Gasteiger partial charge in [-0.25, -0.2) is 0 Å². The standard InChI is InChI=1S/C18H15N3O4/c22-20(23)12-6-4-11(5-7-12)18-15-3-1-2-14(15)16-10-13(21(24)25)8-9-17(16)19-18/h1-2,4-10,14-15,18-19H,3H2/t14-,15-,18+/m0/s1. The van der Waals surface area contributed by atoms with Crippen LogP contribution in [0.1, 0.15) is 29.5 Å². The van der Waals surface area contributed by atoms with Gasteiger partial charge in [0.1, 0.15) is 0 Å². The van der Waals surface area contributed by atoms with E-state index < -0.39 is 4.92 Å². The number of nitrogens with one attached hydrogen (secondary N) is 1. The lowest BCUT2D eigenvalue weighted by Gasteiger charge is -2.37. The molecule has 1 aliphatic carbocycles. The Morgan fingerprint density at radius 1 is 0.960 bits per heavy atom. The van der Waals surface area contributed by atoms with Crippen LogP contribution in [-0.4, -0.2) is 9.85 Å². The van der Waals surface area contributed by atoms with E-state index in [1.807, 2.05) is 0 Å². The minimum absolute atomic E-state index is 0.00904. The van der Waals surface area contributed by atoms with E-state index in [4.69, 9.17) is 0 Å². The third kappa shape index (κ3) is 2.53. The summed E-state index contributed by atoms with van der Waals surface area (Å²) in [4.78, 5) is 21.1. The summed E-state index contributed by atoms with van der Waals surface area (Å²) in [6, 6.07) is 11.5. The number of nitro benzene ring substituents is 2. The maximum Gasteiger partial charge on any atom is 0.269 e. The Morgan fingerprint density at radius 2 is 1.64 bits per heavy atom. The molecule has 7 nitrogen and oxygen atoms in total. The minimum atomic E-state index is -0.410. The Labute approximate surface area is 143 Å². The normalized spacial score (nSPS) is 23.4. The summed E-state index contributed by atoms with van der Waals surface area (Å²) in [6.45, 7) is 0. The van der Waals surface area contributed by atoms with E-state index in [1.54, 1.807) is 24.3 Å². The number of hydrogen-bond donors (Lipinski definition) is 1. The van der Waals surface area contributed by atoms with Gasteiger partial charge in [-0.05, 0) is 29.5 Å². The fourth-order valence-corrected chi connectivity index (χ4v) is 3.83. The Morgan fingerprint density at radius 3 is 2.32 bits per heavy atom. The highest BCUT2D eigenvalue weighted by atomic mass is 16.6. The van der Waals surface area contributed by atoms with Crippen molar-refractivity contribution in [2.24, 2.45) is 5.92 Å². The summed E-state index contributed by atoms with van der Waals surface area (Å²) < 4.78 is 0. The van der Waals surface area contributed by atoms with Gasteiger partial charge in [-0.1, -0.05) is 24.3 Å². The van der Waals surface area contributed by atoms with Crippen LogP contribution in [0.3, 0.4) is 0 Å². The first-order valence-corrected chi connectivity index (χ1v) is 8.00. The molecule has 2 aromatic rings. The third-order valence-electron chi connectivity index (χ3n) is 5.02. The first kappa shape index (κ1) is 15.3. The van der Waals surface area contributed by atoms with Crippen molar-refractivity contribution in [2.45, 2.75) is 18.4 Å². The second-order valence-corrected chi connectivity index (χ2v) is 6.35. The van der Waals surface area contributed by atoms with Gasteiger partial charge in [-0.3, -0.25) is 20.2 Å². The van der Waals surface area contributed by atoms with Gasteiger partial charge in [0.05, 0.1) is 15.9 Å². The van der Waals surface area contributed by atoms with E-state index in [-0.39, 0.29) is 34.2 Å². The molecule has 0 saturated carbocycles. The van der Waals surface area contributed by atoms with Crippen LogP contribution in [0.4, 0.5) is 17.1 Å². The van der Waals surface area contributed by atoms with Gasteiger partial charge in [0, 0.05) is 35.9 Å². The van der Waals surface area contributed by atoms with E-state index in [2.05, 4.69) is 17.5 Å². The molecule has 1 aliphatic heterocycles. The number of non-ortho nitro benzene ring substituents is 2. The summed E-state index contributed by atoms with van der Waals surface area (Å²) >= 11 is 0. The highest BCUT2D eigenvalue weighted by Gasteiger charge is 2.38. The number of benzene rings is 2. The minimum Gasteiger partial charge on any atom is -0.378 e. The topological polar surface area (TPSA) is 98.3 Å². The Hall–Kier alpha value is -3.22. The van der Waals surface area contributed by atoms with E-state index >= 15 is 0 Å². The smallest absolute Gasteiger partial charge is 0.269 e. The molecule has 2 aromatic carbocycles. The number of hydrogen-bond acceptors (Lipinski definition) is 5. The lowest BCUT2D eigenvalue weighted by molar-refractivity contribution is -0.385. The molecule has 1 N–H and O–H groups in total. The molecule has 2 aliphatic rings. The molecule has 25 heavy (non-hydrogen) atoms. The van der Waals surface area contributed by atoms with E-state index in [0.29, 0.717) is 0 Å². The SMILES string of the molecule is O=[N+]([O-])c1ccc([C@H]2Nc3ccc([N+](=O)[O-])cc3[C@H]3C=CC[C@@H]32)cc1. The van der Waals surface area contributed by atoms with Crippen LogP contribution in [0.2, 0.25) is 0 Å². The largest absolute Gasteiger partial charge is 0.378 e. The summed E-state index contributed by atoms with van der Waals surface area (Å²) in [6.07, 6.45) is 5.07. The maximum absolute atomic E-state index is 11.1. The molecule has 0 amide bonds. The second-order valence-electron chi connectivity index (χ2n) is 6.35. The van der Waals surface area contributed by atoms with Gasteiger partial charge in [0.25, 0.3) is 11.4 Å². The van der Waals surface area contributed by atoms with Crippen molar-refractivity contribution in [2.75, 3.05) is 5.32 Å². The van der Waals surface area contributed by atoms with Crippen LogP contribution in [0.5, 0.6) is 0 Å². The molecule has 7 heteroatoms. The number of allylic oxidation sites excluding steroid dienone is 2. The predicted octanol–water partition coefficient (Wildman–Crippen LogP) is 4.33.